The molecule has 22 heavy (non-hydrogen) atoms. The fraction of sp³-hybridized carbons (Fsp3) is 0.250. The summed E-state index contributed by atoms with van der Waals surface area (Å²) >= 11 is 1.50. The first kappa shape index (κ1) is 13.5. The fourth-order valence-corrected chi connectivity index (χ4v) is 3.55. The number of anilines is 1. The number of benzene rings is 1. The molecule has 0 aliphatic carbocycles. The van der Waals surface area contributed by atoms with E-state index >= 15 is 0 Å². The van der Waals surface area contributed by atoms with Crippen molar-refractivity contribution < 1.29 is 9.84 Å². The molecule has 1 fully saturated rings. The van der Waals surface area contributed by atoms with Gasteiger partial charge in [0.25, 0.3) is 0 Å². The topological polar surface area (TPSA) is 58.0 Å². The van der Waals surface area contributed by atoms with Crippen molar-refractivity contribution in [3.63, 3.8) is 0 Å². The monoisotopic (exact) mass is 313 g/mol. The van der Waals surface area contributed by atoms with E-state index in [-0.39, 0.29) is 5.88 Å². The van der Waals surface area contributed by atoms with Gasteiger partial charge in [0.2, 0.25) is 5.88 Å². The van der Waals surface area contributed by atoms with Gasteiger partial charge in [-0.3, -0.25) is 4.99 Å². The third-order valence-corrected chi connectivity index (χ3v) is 4.80. The van der Waals surface area contributed by atoms with Crippen LogP contribution in [0.4, 0.5) is 10.8 Å². The van der Waals surface area contributed by atoms with Crippen molar-refractivity contribution in [3.05, 3.63) is 34.7 Å². The number of morpholine rings is 1. The van der Waals surface area contributed by atoms with Crippen LogP contribution in [-0.2, 0) is 4.74 Å². The molecule has 2 aliphatic rings. The Kier molecular flexibility index (Phi) is 3.40. The molecule has 0 unspecified atom stereocenters. The van der Waals surface area contributed by atoms with Crippen molar-refractivity contribution in [2.75, 3.05) is 31.2 Å². The van der Waals surface area contributed by atoms with Crippen molar-refractivity contribution >= 4 is 40.0 Å². The third kappa shape index (κ3) is 2.40. The summed E-state index contributed by atoms with van der Waals surface area (Å²) in [5.74, 6) is 0.0803. The van der Waals surface area contributed by atoms with Crippen molar-refractivity contribution in [3.8, 4) is 5.88 Å². The number of allylic oxidation sites excluding steroid dienone is 1. The third-order valence-electron chi connectivity index (χ3n) is 3.75. The van der Waals surface area contributed by atoms with Crippen LogP contribution in [0.5, 0.6) is 5.88 Å². The normalized spacial score (nSPS) is 18.9. The van der Waals surface area contributed by atoms with E-state index in [1.54, 1.807) is 0 Å². The molecule has 2 aliphatic heterocycles. The molecule has 0 amide bonds. The van der Waals surface area contributed by atoms with Gasteiger partial charge in [-0.1, -0.05) is 29.5 Å². The maximum atomic E-state index is 10.1. The van der Waals surface area contributed by atoms with E-state index < -0.39 is 0 Å². The van der Waals surface area contributed by atoms with Crippen LogP contribution in [0.15, 0.2) is 29.3 Å². The minimum Gasteiger partial charge on any atom is -0.492 e. The van der Waals surface area contributed by atoms with Gasteiger partial charge in [-0.25, -0.2) is 0 Å². The lowest BCUT2D eigenvalue weighted by Crippen LogP contribution is -2.36. The summed E-state index contributed by atoms with van der Waals surface area (Å²) in [6.07, 6.45) is 3.78. The van der Waals surface area contributed by atoms with Crippen LogP contribution in [-0.4, -0.2) is 42.6 Å². The highest BCUT2D eigenvalue weighted by atomic mass is 32.1. The maximum absolute atomic E-state index is 10.1. The van der Waals surface area contributed by atoms with Crippen molar-refractivity contribution in [1.29, 1.82) is 0 Å². The summed E-state index contributed by atoms with van der Waals surface area (Å²) in [6, 6.07) is 7.99. The van der Waals surface area contributed by atoms with Crippen molar-refractivity contribution in [2.24, 2.45) is 4.99 Å². The van der Waals surface area contributed by atoms with E-state index in [0.29, 0.717) is 13.2 Å². The molecule has 0 spiro atoms. The number of ether oxygens (including phenoxy) is 1. The van der Waals surface area contributed by atoms with Gasteiger partial charge in [0.05, 0.1) is 23.8 Å². The van der Waals surface area contributed by atoms with Crippen LogP contribution in [0.3, 0.4) is 0 Å². The first-order valence-electron chi connectivity index (χ1n) is 7.19. The number of aromatic nitrogens is 1. The number of thiazole rings is 1. The summed E-state index contributed by atoms with van der Waals surface area (Å²) in [4.78, 5) is 11.6. The quantitative estimate of drug-likeness (QED) is 0.926. The second kappa shape index (κ2) is 5.55. The lowest BCUT2D eigenvalue weighted by molar-refractivity contribution is 0.122. The van der Waals surface area contributed by atoms with Gasteiger partial charge in [-0.05, 0) is 12.1 Å². The Labute approximate surface area is 132 Å². The predicted octanol–water partition coefficient (Wildman–Crippen LogP) is 2.94. The molecule has 0 atom stereocenters. The lowest BCUT2D eigenvalue weighted by atomic mass is 10.1. The average molecular weight is 313 g/mol. The number of hydrogen-bond acceptors (Lipinski definition) is 6. The van der Waals surface area contributed by atoms with Gasteiger partial charge in [-0.2, -0.15) is 4.98 Å². The second-order valence-corrected chi connectivity index (χ2v) is 6.17. The molecule has 0 radical (unpaired) electrons. The predicted molar refractivity (Wildman–Crippen MR) is 89.3 cm³/mol. The standard InChI is InChI=1S/C16H15N3O2S/c20-15-14(22-16(18-15)19-5-7-21-8-6-19)9-11-10-17-13-4-2-1-3-12(11)13/h1-4,9-10,20H,5-8H2/b11-9+. The van der Waals surface area contributed by atoms with Crippen LogP contribution in [0.2, 0.25) is 0 Å². The number of nitrogens with zero attached hydrogens (tertiary/aromatic N) is 3. The SMILES string of the molecule is Oc1nc(N2CCOCC2)sc1/C=C1\C=Nc2ccccc21. The molecule has 3 heterocycles. The molecule has 112 valence electrons. The molecule has 5 nitrogen and oxygen atoms in total. The molecule has 0 bridgehead atoms. The van der Waals surface area contributed by atoms with Crippen LogP contribution < -0.4 is 4.90 Å². The summed E-state index contributed by atoms with van der Waals surface area (Å²) in [5, 5.41) is 11.0. The Balaban J connectivity index is 1.65. The average Bonchev–Trinajstić information content (AvgIpc) is 3.13. The minimum atomic E-state index is 0.0803. The highest BCUT2D eigenvalue weighted by molar-refractivity contribution is 7.16. The molecule has 4 rings (SSSR count). The molecule has 1 aromatic carbocycles. The number of aliphatic imine (C=N–C) groups is 1. The summed E-state index contributed by atoms with van der Waals surface area (Å²) < 4.78 is 5.35. The highest BCUT2D eigenvalue weighted by Gasteiger charge is 2.19. The Morgan fingerprint density at radius 1 is 1.23 bits per heavy atom. The van der Waals surface area contributed by atoms with Gasteiger partial charge in [0.15, 0.2) is 5.13 Å². The lowest BCUT2D eigenvalue weighted by Gasteiger charge is -2.25. The van der Waals surface area contributed by atoms with Crippen molar-refractivity contribution in [2.45, 2.75) is 0 Å². The Hall–Kier alpha value is -2.18. The van der Waals surface area contributed by atoms with Crippen LogP contribution in [0.1, 0.15) is 10.4 Å². The first-order chi connectivity index (χ1) is 10.8. The molecule has 0 saturated carbocycles. The molecular weight excluding hydrogens is 298 g/mol. The number of para-hydroxylation sites is 1. The van der Waals surface area contributed by atoms with E-state index in [0.717, 1.165) is 39.9 Å². The second-order valence-electron chi connectivity index (χ2n) is 5.16. The summed E-state index contributed by atoms with van der Waals surface area (Å²) in [6.45, 7) is 3.04. The Morgan fingerprint density at radius 2 is 2.05 bits per heavy atom. The zero-order valence-corrected chi connectivity index (χ0v) is 12.7. The maximum Gasteiger partial charge on any atom is 0.231 e. The zero-order chi connectivity index (χ0) is 14.9. The van der Waals surface area contributed by atoms with Gasteiger partial charge < -0.3 is 14.7 Å². The Morgan fingerprint density at radius 3 is 2.91 bits per heavy atom. The summed E-state index contributed by atoms with van der Waals surface area (Å²) in [5.41, 5.74) is 3.05. The van der Waals surface area contributed by atoms with Gasteiger partial charge in [-0.15, -0.1) is 0 Å². The van der Waals surface area contributed by atoms with Crippen LogP contribution in [0, 0.1) is 0 Å². The van der Waals surface area contributed by atoms with Gasteiger partial charge >= 0.3 is 0 Å². The molecular formula is C16H15N3O2S. The summed E-state index contributed by atoms with van der Waals surface area (Å²) in [7, 11) is 0. The first-order valence-corrected chi connectivity index (χ1v) is 8.00. The molecule has 1 N–H and O–H groups in total. The minimum absolute atomic E-state index is 0.0803. The van der Waals surface area contributed by atoms with Crippen molar-refractivity contribution in [1.82, 2.24) is 4.98 Å². The molecule has 1 saturated heterocycles. The smallest absolute Gasteiger partial charge is 0.231 e. The van der Waals surface area contributed by atoms with E-state index in [4.69, 9.17) is 4.74 Å². The number of aromatic hydroxyl groups is 1. The van der Waals surface area contributed by atoms with Gasteiger partial charge in [0.1, 0.15) is 0 Å². The van der Waals surface area contributed by atoms with E-state index in [9.17, 15) is 5.11 Å². The fourth-order valence-electron chi connectivity index (χ4n) is 2.59. The van der Waals surface area contributed by atoms with Gasteiger partial charge in [0, 0.05) is 30.4 Å². The van der Waals surface area contributed by atoms with E-state index in [1.165, 1.54) is 11.3 Å². The van der Waals surface area contributed by atoms with Crippen LogP contribution >= 0.6 is 11.3 Å². The van der Waals surface area contributed by atoms with Crippen LogP contribution in [0.25, 0.3) is 11.6 Å². The molecule has 6 heteroatoms. The molecule has 2 aromatic rings. The number of hydrogen-bond donors (Lipinski definition) is 1. The number of rotatable bonds is 2. The van der Waals surface area contributed by atoms with E-state index in [1.807, 2.05) is 36.6 Å². The highest BCUT2D eigenvalue weighted by Crippen LogP contribution is 2.37. The zero-order valence-electron chi connectivity index (χ0n) is 11.9. The largest absolute Gasteiger partial charge is 0.492 e. The molecule has 1 aromatic heterocycles. The number of fused-ring (bicyclic) bond motifs is 1. The Bertz CT molecular complexity index is 761. The van der Waals surface area contributed by atoms with E-state index in [2.05, 4.69) is 14.9 Å².